The number of hydrogen-bond acceptors (Lipinski definition) is 7. The third-order valence-electron chi connectivity index (χ3n) is 11.9. The minimum absolute atomic E-state index is 0.00528. The monoisotopic (exact) mass is 698 g/mol. The van der Waals surface area contributed by atoms with Crippen LogP contribution >= 0.6 is 0 Å². The summed E-state index contributed by atoms with van der Waals surface area (Å²) < 4.78 is 3.19. The molecule has 3 fully saturated rings. The van der Waals surface area contributed by atoms with Gasteiger partial charge in [-0.3, -0.25) is 38.7 Å². The van der Waals surface area contributed by atoms with E-state index in [0.29, 0.717) is 13.0 Å². The number of nitrogens with zero attached hydrogens (tertiary/aromatic N) is 5. The van der Waals surface area contributed by atoms with Gasteiger partial charge in [-0.05, 0) is 67.6 Å². The largest absolute Gasteiger partial charge is 0.369 e. The van der Waals surface area contributed by atoms with Gasteiger partial charge >= 0.3 is 5.69 Å². The molecule has 5 aromatic rings. The minimum Gasteiger partial charge on any atom is -0.369 e. The predicted octanol–water partition coefficient (Wildman–Crippen LogP) is 3.90. The molecule has 0 radical (unpaired) electrons. The number of benzene rings is 2. The van der Waals surface area contributed by atoms with E-state index in [4.69, 9.17) is 0 Å². The van der Waals surface area contributed by atoms with Gasteiger partial charge in [-0.1, -0.05) is 30.7 Å². The number of anilines is 1. The van der Waals surface area contributed by atoms with E-state index in [0.717, 1.165) is 102 Å². The molecule has 1 unspecified atom stereocenters. The number of hydrogen-bond donors (Lipinski definition) is 3. The average molecular weight is 699 g/mol. The van der Waals surface area contributed by atoms with Crippen LogP contribution in [0.25, 0.3) is 33.5 Å². The fraction of sp³-hybridized carbons (Fsp3) is 0.375. The van der Waals surface area contributed by atoms with E-state index in [2.05, 4.69) is 66.8 Å². The van der Waals surface area contributed by atoms with Crippen LogP contribution in [-0.2, 0) is 28.5 Å². The van der Waals surface area contributed by atoms with Gasteiger partial charge in [-0.25, -0.2) is 4.79 Å². The Balaban J connectivity index is 0.844. The number of para-hydroxylation sites is 1. The summed E-state index contributed by atoms with van der Waals surface area (Å²) in [6.07, 6.45) is 6.57. The SMILES string of the molecule is Cn1c(=O)n(C2CCC(=O)NC2=O)c2cccc(CCN3CCN(c4ccc(-c5cc(-c6cc7c([nH]6)C6(CCC6)CNC7=O)ccn5)cc4)CC3)c21. The zero-order valence-corrected chi connectivity index (χ0v) is 29.3. The van der Waals surface area contributed by atoms with Crippen LogP contribution in [0, 0.1) is 0 Å². The number of piperazine rings is 1. The van der Waals surface area contributed by atoms with Crippen molar-refractivity contribution in [3.63, 3.8) is 0 Å². The van der Waals surface area contributed by atoms with Crippen LogP contribution in [0.5, 0.6) is 0 Å². The summed E-state index contributed by atoms with van der Waals surface area (Å²) in [6.45, 7) is 5.25. The smallest absolute Gasteiger partial charge is 0.329 e. The van der Waals surface area contributed by atoms with E-state index in [1.54, 1.807) is 16.2 Å². The van der Waals surface area contributed by atoms with E-state index < -0.39 is 11.9 Å². The van der Waals surface area contributed by atoms with E-state index in [-0.39, 0.29) is 29.3 Å². The van der Waals surface area contributed by atoms with Crippen molar-refractivity contribution in [3.8, 4) is 22.5 Å². The first-order valence-electron chi connectivity index (χ1n) is 18.4. The molecule has 4 aliphatic rings. The topological polar surface area (TPSA) is 137 Å². The van der Waals surface area contributed by atoms with Gasteiger partial charge in [0.1, 0.15) is 6.04 Å². The maximum Gasteiger partial charge on any atom is 0.329 e. The number of amides is 3. The second-order valence-electron chi connectivity index (χ2n) is 14.8. The molecule has 1 atom stereocenters. The molecule has 1 saturated carbocycles. The van der Waals surface area contributed by atoms with Crippen LogP contribution in [0.3, 0.4) is 0 Å². The van der Waals surface area contributed by atoms with Gasteiger partial charge in [0.2, 0.25) is 11.8 Å². The fourth-order valence-corrected chi connectivity index (χ4v) is 8.73. The lowest BCUT2D eigenvalue weighted by Gasteiger charge is -2.44. The highest BCUT2D eigenvalue weighted by atomic mass is 16.2. The maximum absolute atomic E-state index is 13.3. The quantitative estimate of drug-likeness (QED) is 0.219. The van der Waals surface area contributed by atoms with Gasteiger partial charge in [0.05, 0.1) is 22.3 Å². The first-order chi connectivity index (χ1) is 25.3. The Morgan fingerprint density at radius 3 is 2.48 bits per heavy atom. The van der Waals surface area contributed by atoms with Crippen molar-refractivity contribution in [2.75, 3.05) is 44.2 Å². The first kappa shape index (κ1) is 32.4. The zero-order valence-electron chi connectivity index (χ0n) is 29.3. The molecular weight excluding hydrogens is 656 g/mol. The number of H-pyrrole nitrogens is 1. The summed E-state index contributed by atoms with van der Waals surface area (Å²) in [5, 5.41) is 5.48. The summed E-state index contributed by atoms with van der Waals surface area (Å²) in [4.78, 5) is 63.5. The van der Waals surface area contributed by atoms with Crippen molar-refractivity contribution in [2.45, 2.75) is 50.0 Å². The highest BCUT2D eigenvalue weighted by Gasteiger charge is 2.45. The number of imidazole rings is 1. The van der Waals surface area contributed by atoms with Gasteiger partial charge in [0.25, 0.3) is 5.91 Å². The van der Waals surface area contributed by atoms with Crippen molar-refractivity contribution in [3.05, 3.63) is 94.2 Å². The van der Waals surface area contributed by atoms with Gasteiger partial charge in [0.15, 0.2) is 0 Å². The molecular formula is C40H42N8O4. The number of imide groups is 1. The average Bonchev–Trinajstić information content (AvgIpc) is 3.71. The summed E-state index contributed by atoms with van der Waals surface area (Å²) in [7, 11) is 1.76. The lowest BCUT2D eigenvalue weighted by Crippen LogP contribution is -2.50. The number of aromatic nitrogens is 4. The molecule has 1 aliphatic carbocycles. The molecule has 52 heavy (non-hydrogen) atoms. The minimum atomic E-state index is -0.687. The Kier molecular flexibility index (Phi) is 7.87. The number of aromatic amines is 1. The Morgan fingerprint density at radius 1 is 0.923 bits per heavy atom. The second-order valence-corrected chi connectivity index (χ2v) is 14.8. The number of carbonyl (C=O) groups is 3. The number of piperidine rings is 1. The van der Waals surface area contributed by atoms with E-state index in [9.17, 15) is 19.2 Å². The molecule has 0 bridgehead atoms. The third kappa shape index (κ3) is 5.44. The predicted molar refractivity (Wildman–Crippen MR) is 198 cm³/mol. The zero-order chi connectivity index (χ0) is 35.6. The number of carbonyl (C=O) groups excluding carboxylic acids is 3. The van der Waals surface area contributed by atoms with Crippen LogP contribution in [0.2, 0.25) is 0 Å². The van der Waals surface area contributed by atoms with Crippen molar-refractivity contribution in [1.82, 2.24) is 34.6 Å². The van der Waals surface area contributed by atoms with Crippen molar-refractivity contribution in [1.29, 1.82) is 0 Å². The lowest BCUT2D eigenvalue weighted by molar-refractivity contribution is -0.135. The van der Waals surface area contributed by atoms with Gasteiger partial charge in [-0.2, -0.15) is 0 Å². The highest BCUT2D eigenvalue weighted by molar-refractivity contribution is 6.00. The van der Waals surface area contributed by atoms with Crippen LogP contribution < -0.4 is 21.2 Å². The summed E-state index contributed by atoms with van der Waals surface area (Å²) in [6, 6.07) is 19.9. The number of aryl methyl sites for hydroxylation is 1. The second kappa shape index (κ2) is 12.6. The number of rotatable bonds is 7. The molecule has 266 valence electrons. The molecule has 9 rings (SSSR count). The normalized spacial score (nSPS) is 20.1. The highest BCUT2D eigenvalue weighted by Crippen LogP contribution is 2.46. The van der Waals surface area contributed by atoms with E-state index >= 15 is 0 Å². The lowest BCUT2D eigenvalue weighted by atomic mass is 9.64. The van der Waals surface area contributed by atoms with Crippen molar-refractivity contribution in [2.24, 2.45) is 7.05 Å². The number of fused-ring (bicyclic) bond motifs is 3. The molecule has 3 aromatic heterocycles. The molecule has 12 nitrogen and oxygen atoms in total. The van der Waals surface area contributed by atoms with Crippen LogP contribution in [-0.4, -0.2) is 81.0 Å². The molecule has 3 aliphatic heterocycles. The molecule has 6 heterocycles. The summed E-state index contributed by atoms with van der Waals surface area (Å²) >= 11 is 0. The Hall–Kier alpha value is -5.49. The summed E-state index contributed by atoms with van der Waals surface area (Å²) in [5.41, 5.74) is 9.43. The summed E-state index contributed by atoms with van der Waals surface area (Å²) in [5.74, 6) is -0.706. The fourth-order valence-electron chi connectivity index (χ4n) is 8.73. The first-order valence-corrected chi connectivity index (χ1v) is 18.4. The Bertz CT molecular complexity index is 2290. The standard InChI is InChI=1S/C40H42N8O4/c1-45-35-26(4-2-5-32(35)48(39(45)52)33-10-11-34(49)44-38(33)51)13-17-46-18-20-47(21-19-46)28-8-6-25(7-9-28)30-22-27(12-16-41-30)31-23-29-36(43-31)40(14-3-15-40)24-42-37(29)50/h2,4-9,12,16,22-23,33,43H,3,10-11,13-15,17-21,24H2,1H3,(H,42,50)(H,44,49,51). The molecule has 1 spiro atoms. The van der Waals surface area contributed by atoms with E-state index in [1.165, 1.54) is 12.1 Å². The Labute approximate surface area is 300 Å². The van der Waals surface area contributed by atoms with Crippen molar-refractivity contribution < 1.29 is 14.4 Å². The molecule has 12 heteroatoms. The van der Waals surface area contributed by atoms with Crippen LogP contribution in [0.4, 0.5) is 5.69 Å². The molecule has 3 N–H and O–H groups in total. The molecule has 3 amide bonds. The molecule has 2 aromatic carbocycles. The van der Waals surface area contributed by atoms with Gasteiger partial charge in [-0.15, -0.1) is 0 Å². The van der Waals surface area contributed by atoms with Crippen LogP contribution in [0.15, 0.2) is 71.7 Å². The van der Waals surface area contributed by atoms with Crippen molar-refractivity contribution >= 4 is 34.4 Å². The van der Waals surface area contributed by atoms with Gasteiger partial charge < -0.3 is 15.2 Å². The Morgan fingerprint density at radius 2 is 1.73 bits per heavy atom. The maximum atomic E-state index is 13.3. The number of nitrogens with one attached hydrogen (secondary N) is 3. The van der Waals surface area contributed by atoms with Crippen LogP contribution in [0.1, 0.15) is 59.8 Å². The molecule has 2 saturated heterocycles. The van der Waals surface area contributed by atoms with E-state index in [1.807, 2.05) is 30.5 Å². The third-order valence-corrected chi connectivity index (χ3v) is 11.9. The van der Waals surface area contributed by atoms with Gasteiger partial charge in [0, 0.05) is 92.6 Å². The number of pyridine rings is 1.